The van der Waals surface area contributed by atoms with Crippen molar-refractivity contribution in [2.24, 2.45) is 0 Å². The van der Waals surface area contributed by atoms with Crippen LogP contribution in [0, 0.1) is 0 Å². The lowest BCUT2D eigenvalue weighted by molar-refractivity contribution is -0.141. The van der Waals surface area contributed by atoms with Gasteiger partial charge in [0, 0.05) is 11.6 Å². The molecule has 0 aliphatic heterocycles. The fourth-order valence-electron chi connectivity index (χ4n) is 2.68. The molecule has 0 fully saturated rings. The number of oxazole rings is 1. The maximum Gasteiger partial charge on any atom is 0.437 e. The Kier molecular flexibility index (Phi) is 5.40. The van der Waals surface area contributed by atoms with Crippen molar-refractivity contribution in [3.05, 3.63) is 90.4 Å². The van der Waals surface area contributed by atoms with E-state index in [0.29, 0.717) is 11.3 Å². The van der Waals surface area contributed by atoms with Gasteiger partial charge in [-0.05, 0) is 30.3 Å². The van der Waals surface area contributed by atoms with Crippen LogP contribution in [-0.4, -0.2) is 15.9 Å². The summed E-state index contributed by atoms with van der Waals surface area (Å²) in [4.78, 5) is 20.0. The van der Waals surface area contributed by atoms with Crippen LogP contribution in [0.4, 0.5) is 18.9 Å². The summed E-state index contributed by atoms with van der Waals surface area (Å²) in [6, 6.07) is 19.8. The molecule has 0 aliphatic carbocycles. The minimum absolute atomic E-state index is 0.163. The Hall–Kier alpha value is -4.14. The van der Waals surface area contributed by atoms with E-state index in [1.165, 1.54) is 30.5 Å². The molecule has 2 aromatic heterocycles. The van der Waals surface area contributed by atoms with Gasteiger partial charge in [0.1, 0.15) is 5.75 Å². The standard InChI is InChI=1S/C22H14F3N3O3/c23-22(24,25)19-18(31-21(28-19)14-7-3-1-4-8-14)20(29)27-15-11-12-17(26-13-15)30-16-9-5-2-6-10-16/h1-13H,(H,27,29). The molecule has 1 N–H and O–H groups in total. The Morgan fingerprint density at radius 2 is 1.61 bits per heavy atom. The van der Waals surface area contributed by atoms with E-state index in [0.717, 1.165) is 0 Å². The van der Waals surface area contributed by atoms with E-state index in [4.69, 9.17) is 9.15 Å². The minimum atomic E-state index is -4.87. The highest BCUT2D eigenvalue weighted by Gasteiger charge is 2.41. The van der Waals surface area contributed by atoms with Gasteiger partial charge in [-0.25, -0.2) is 9.97 Å². The van der Waals surface area contributed by atoms with Crippen molar-refractivity contribution in [1.29, 1.82) is 0 Å². The van der Waals surface area contributed by atoms with Crippen molar-refractivity contribution in [3.8, 4) is 23.1 Å². The molecule has 2 aromatic carbocycles. The third-order valence-electron chi connectivity index (χ3n) is 4.08. The number of hydrogen-bond acceptors (Lipinski definition) is 5. The molecule has 0 spiro atoms. The topological polar surface area (TPSA) is 77.2 Å². The molecule has 2 heterocycles. The molecule has 0 bridgehead atoms. The Labute approximate surface area is 174 Å². The molecule has 1 amide bonds. The normalized spacial score (nSPS) is 11.2. The molecule has 156 valence electrons. The number of carbonyl (C=O) groups excluding carboxylic acids is 1. The molecule has 0 radical (unpaired) electrons. The van der Waals surface area contributed by atoms with Gasteiger partial charge in [0.25, 0.3) is 5.91 Å². The van der Waals surface area contributed by atoms with Crippen molar-refractivity contribution in [1.82, 2.24) is 9.97 Å². The summed E-state index contributed by atoms with van der Waals surface area (Å²) in [7, 11) is 0. The van der Waals surface area contributed by atoms with Crippen LogP contribution in [0.3, 0.4) is 0 Å². The highest BCUT2D eigenvalue weighted by Crippen LogP contribution is 2.34. The number of carbonyl (C=O) groups is 1. The summed E-state index contributed by atoms with van der Waals surface area (Å²) >= 11 is 0. The summed E-state index contributed by atoms with van der Waals surface area (Å²) < 4.78 is 50.9. The molecular formula is C22H14F3N3O3. The molecule has 31 heavy (non-hydrogen) atoms. The van der Waals surface area contributed by atoms with Crippen LogP contribution in [0.15, 0.2) is 83.4 Å². The van der Waals surface area contributed by atoms with Gasteiger partial charge in [-0.15, -0.1) is 0 Å². The number of nitrogens with one attached hydrogen (secondary N) is 1. The first kappa shape index (κ1) is 20.1. The number of amides is 1. The van der Waals surface area contributed by atoms with Crippen molar-refractivity contribution in [2.75, 3.05) is 5.32 Å². The van der Waals surface area contributed by atoms with Gasteiger partial charge in [0.2, 0.25) is 17.5 Å². The molecule has 0 aliphatic rings. The number of rotatable bonds is 5. The lowest BCUT2D eigenvalue weighted by Gasteiger charge is -2.07. The van der Waals surface area contributed by atoms with Gasteiger partial charge in [-0.1, -0.05) is 36.4 Å². The summed E-state index contributed by atoms with van der Waals surface area (Å²) in [5.41, 5.74) is -0.923. The predicted molar refractivity (Wildman–Crippen MR) is 106 cm³/mol. The number of halogens is 3. The van der Waals surface area contributed by atoms with E-state index >= 15 is 0 Å². The number of anilines is 1. The smallest absolute Gasteiger partial charge is 0.437 e. The fraction of sp³-hybridized carbons (Fsp3) is 0.0455. The summed E-state index contributed by atoms with van der Waals surface area (Å²) in [6.07, 6.45) is -3.60. The van der Waals surface area contributed by atoms with Crippen LogP contribution in [0.25, 0.3) is 11.5 Å². The van der Waals surface area contributed by atoms with Gasteiger partial charge in [-0.2, -0.15) is 13.2 Å². The van der Waals surface area contributed by atoms with Crippen LogP contribution in [0.5, 0.6) is 11.6 Å². The van der Waals surface area contributed by atoms with Gasteiger partial charge in [0.05, 0.1) is 11.9 Å². The lowest BCUT2D eigenvalue weighted by atomic mass is 10.2. The van der Waals surface area contributed by atoms with Crippen LogP contribution >= 0.6 is 0 Å². The average molecular weight is 425 g/mol. The zero-order valence-corrected chi connectivity index (χ0v) is 15.8. The Bertz CT molecular complexity index is 1180. The first-order chi connectivity index (χ1) is 14.9. The van der Waals surface area contributed by atoms with Gasteiger partial charge in [-0.3, -0.25) is 4.79 Å². The van der Waals surface area contributed by atoms with Crippen molar-refractivity contribution >= 4 is 11.6 Å². The van der Waals surface area contributed by atoms with Gasteiger partial charge in [0.15, 0.2) is 5.69 Å². The number of hydrogen-bond donors (Lipinski definition) is 1. The number of aromatic nitrogens is 2. The Balaban J connectivity index is 1.54. The third kappa shape index (κ3) is 4.72. The number of benzene rings is 2. The highest BCUT2D eigenvalue weighted by atomic mass is 19.4. The van der Waals surface area contributed by atoms with Crippen LogP contribution in [0.1, 0.15) is 16.2 Å². The summed E-state index contributed by atoms with van der Waals surface area (Å²) in [5, 5.41) is 2.34. The fourth-order valence-corrected chi connectivity index (χ4v) is 2.68. The molecule has 0 saturated carbocycles. The molecule has 0 atom stereocenters. The molecular weight excluding hydrogens is 411 g/mol. The molecule has 4 rings (SSSR count). The summed E-state index contributed by atoms with van der Waals surface area (Å²) in [5.74, 6) is -1.51. The van der Waals surface area contributed by atoms with E-state index in [1.54, 1.807) is 42.5 Å². The number of ether oxygens (including phenoxy) is 1. The number of nitrogens with zero attached hydrogens (tertiary/aromatic N) is 2. The molecule has 4 aromatic rings. The van der Waals surface area contributed by atoms with Crippen LogP contribution in [-0.2, 0) is 6.18 Å². The largest absolute Gasteiger partial charge is 0.439 e. The van der Waals surface area contributed by atoms with E-state index in [2.05, 4.69) is 15.3 Å². The maximum atomic E-state index is 13.4. The van der Waals surface area contributed by atoms with E-state index < -0.39 is 23.5 Å². The predicted octanol–water partition coefficient (Wildman–Crippen LogP) is 5.80. The first-order valence-electron chi connectivity index (χ1n) is 9.04. The van der Waals surface area contributed by atoms with Crippen LogP contribution < -0.4 is 10.1 Å². The first-order valence-corrected chi connectivity index (χ1v) is 9.04. The van der Waals surface area contributed by atoms with Crippen molar-refractivity contribution < 1.29 is 27.1 Å². The second kappa shape index (κ2) is 8.31. The zero-order valence-electron chi connectivity index (χ0n) is 15.8. The maximum absolute atomic E-state index is 13.4. The quantitative estimate of drug-likeness (QED) is 0.437. The monoisotopic (exact) mass is 425 g/mol. The lowest BCUT2D eigenvalue weighted by Crippen LogP contribution is -2.17. The second-order valence-electron chi connectivity index (χ2n) is 6.31. The molecule has 0 saturated heterocycles. The molecule has 9 heteroatoms. The van der Waals surface area contributed by atoms with Gasteiger partial charge >= 0.3 is 6.18 Å². The van der Waals surface area contributed by atoms with E-state index in [-0.39, 0.29) is 17.5 Å². The Morgan fingerprint density at radius 3 is 2.23 bits per heavy atom. The summed E-state index contributed by atoms with van der Waals surface area (Å²) in [6.45, 7) is 0. The van der Waals surface area contributed by atoms with Crippen LogP contribution in [0.2, 0.25) is 0 Å². The SMILES string of the molecule is O=C(Nc1ccc(Oc2ccccc2)nc1)c1oc(-c2ccccc2)nc1C(F)(F)F. The van der Waals surface area contributed by atoms with E-state index in [9.17, 15) is 18.0 Å². The molecule has 6 nitrogen and oxygen atoms in total. The van der Waals surface area contributed by atoms with Gasteiger partial charge < -0.3 is 14.5 Å². The highest BCUT2D eigenvalue weighted by molar-refractivity contribution is 6.03. The minimum Gasteiger partial charge on any atom is -0.439 e. The zero-order chi connectivity index (χ0) is 21.8. The molecule has 0 unspecified atom stereocenters. The van der Waals surface area contributed by atoms with Crippen molar-refractivity contribution in [3.63, 3.8) is 0 Å². The number of pyridine rings is 1. The van der Waals surface area contributed by atoms with Crippen molar-refractivity contribution in [2.45, 2.75) is 6.18 Å². The number of para-hydroxylation sites is 1. The second-order valence-corrected chi connectivity index (χ2v) is 6.31. The van der Waals surface area contributed by atoms with E-state index in [1.807, 2.05) is 6.07 Å². The third-order valence-corrected chi connectivity index (χ3v) is 4.08. The Morgan fingerprint density at radius 1 is 0.935 bits per heavy atom. The number of alkyl halides is 3. The average Bonchev–Trinajstić information content (AvgIpc) is 3.23.